The highest BCUT2D eigenvalue weighted by molar-refractivity contribution is 7.89. The lowest BCUT2D eigenvalue weighted by molar-refractivity contribution is -0.137. The van der Waals surface area contributed by atoms with Gasteiger partial charge in [0.25, 0.3) is 0 Å². The van der Waals surface area contributed by atoms with E-state index in [9.17, 15) is 30.8 Å². The zero-order valence-electron chi connectivity index (χ0n) is 16.2. The molecule has 1 aliphatic carbocycles. The Bertz CT molecular complexity index is 1020. The van der Waals surface area contributed by atoms with E-state index in [0.717, 1.165) is 18.2 Å². The number of amides is 2. The lowest BCUT2D eigenvalue weighted by Gasteiger charge is -2.29. The van der Waals surface area contributed by atoms with Gasteiger partial charge in [-0.15, -0.1) is 0 Å². The zero-order valence-corrected chi connectivity index (χ0v) is 17.1. The van der Waals surface area contributed by atoms with E-state index >= 15 is 0 Å². The van der Waals surface area contributed by atoms with Gasteiger partial charge in [0.2, 0.25) is 10.0 Å². The number of sulfonamides is 1. The standard InChI is InChI=1S/C20H21F4N3O3S/c21-14-4-6-15(7-5-14)25-19(28)26-16-8-10-17(11-9-16)27-31(29,30)18-3-1-2-13(12-18)20(22,23)24/h1-7,12,16-17,27H,8-11H2,(H2,25,26,28). The van der Waals surface area contributed by atoms with Crippen LogP contribution < -0.4 is 15.4 Å². The van der Waals surface area contributed by atoms with Crippen LogP contribution in [0.3, 0.4) is 0 Å². The molecule has 3 N–H and O–H groups in total. The highest BCUT2D eigenvalue weighted by Gasteiger charge is 2.32. The monoisotopic (exact) mass is 459 g/mol. The fourth-order valence-electron chi connectivity index (χ4n) is 3.37. The Hall–Kier alpha value is -2.66. The molecule has 0 unspecified atom stereocenters. The van der Waals surface area contributed by atoms with Gasteiger partial charge in [-0.3, -0.25) is 0 Å². The van der Waals surface area contributed by atoms with E-state index in [0.29, 0.717) is 37.4 Å². The Morgan fingerprint density at radius 3 is 2.16 bits per heavy atom. The summed E-state index contributed by atoms with van der Waals surface area (Å²) in [6.07, 6.45) is -2.82. The van der Waals surface area contributed by atoms with Gasteiger partial charge in [-0.2, -0.15) is 13.2 Å². The maximum Gasteiger partial charge on any atom is 0.416 e. The van der Waals surface area contributed by atoms with Gasteiger partial charge in [0.1, 0.15) is 5.82 Å². The number of nitrogens with one attached hydrogen (secondary N) is 3. The quantitative estimate of drug-likeness (QED) is 0.584. The van der Waals surface area contributed by atoms with Crippen LogP contribution in [0.25, 0.3) is 0 Å². The minimum Gasteiger partial charge on any atom is -0.335 e. The first-order chi connectivity index (χ1) is 14.5. The summed E-state index contributed by atoms with van der Waals surface area (Å²) in [6.45, 7) is 0. The van der Waals surface area contributed by atoms with E-state index in [-0.39, 0.29) is 6.04 Å². The highest BCUT2D eigenvalue weighted by Crippen LogP contribution is 2.30. The Labute approximate surface area is 177 Å². The number of carbonyl (C=O) groups is 1. The largest absolute Gasteiger partial charge is 0.416 e. The van der Waals surface area contributed by atoms with Crippen LogP contribution in [0.5, 0.6) is 0 Å². The van der Waals surface area contributed by atoms with Gasteiger partial charge < -0.3 is 10.6 Å². The molecule has 0 aromatic heterocycles. The van der Waals surface area contributed by atoms with Crippen LogP contribution in [0.2, 0.25) is 0 Å². The maximum absolute atomic E-state index is 12.9. The number of alkyl halides is 3. The second-order valence-corrected chi connectivity index (χ2v) is 9.01. The highest BCUT2D eigenvalue weighted by atomic mass is 32.2. The van der Waals surface area contributed by atoms with Crippen LogP contribution in [0.15, 0.2) is 53.4 Å². The van der Waals surface area contributed by atoms with Crippen molar-refractivity contribution in [1.82, 2.24) is 10.0 Å². The molecule has 2 aromatic carbocycles. The van der Waals surface area contributed by atoms with Gasteiger partial charge in [0.15, 0.2) is 0 Å². The van der Waals surface area contributed by atoms with Crippen LogP contribution in [0.1, 0.15) is 31.2 Å². The van der Waals surface area contributed by atoms with E-state index in [2.05, 4.69) is 15.4 Å². The number of hydrogen-bond acceptors (Lipinski definition) is 3. The zero-order chi connectivity index (χ0) is 22.6. The summed E-state index contributed by atoms with van der Waals surface area (Å²) in [4.78, 5) is 11.6. The number of urea groups is 1. The molecule has 31 heavy (non-hydrogen) atoms. The average Bonchev–Trinajstić information content (AvgIpc) is 2.70. The summed E-state index contributed by atoms with van der Waals surface area (Å²) < 4.78 is 78.9. The van der Waals surface area contributed by atoms with Gasteiger partial charge in [0.05, 0.1) is 10.5 Å². The molecule has 0 heterocycles. The summed E-state index contributed by atoms with van der Waals surface area (Å²) >= 11 is 0. The molecule has 1 saturated carbocycles. The number of anilines is 1. The fourth-order valence-corrected chi connectivity index (χ4v) is 4.72. The molecular weight excluding hydrogens is 438 g/mol. The van der Waals surface area contributed by atoms with Gasteiger partial charge in [-0.1, -0.05) is 6.07 Å². The van der Waals surface area contributed by atoms with Crippen molar-refractivity contribution in [1.29, 1.82) is 0 Å². The predicted molar refractivity (Wildman–Crippen MR) is 106 cm³/mol. The van der Waals surface area contributed by atoms with Gasteiger partial charge in [0, 0.05) is 17.8 Å². The molecule has 1 aliphatic rings. The molecule has 1 fully saturated rings. The third-order valence-electron chi connectivity index (χ3n) is 4.96. The SMILES string of the molecule is O=C(Nc1ccc(F)cc1)NC1CCC(NS(=O)(=O)c2cccc(C(F)(F)F)c2)CC1. The van der Waals surface area contributed by atoms with Crippen molar-refractivity contribution in [3.63, 3.8) is 0 Å². The normalized spacial score (nSPS) is 19.6. The third kappa shape index (κ3) is 6.41. The molecule has 6 nitrogen and oxygen atoms in total. The summed E-state index contributed by atoms with van der Waals surface area (Å²) in [5.41, 5.74) is -0.600. The lowest BCUT2D eigenvalue weighted by atomic mass is 9.92. The average molecular weight is 459 g/mol. The topological polar surface area (TPSA) is 87.3 Å². The molecular formula is C20H21F4N3O3S. The minimum absolute atomic E-state index is 0.185. The van der Waals surface area contributed by atoms with E-state index in [1.165, 1.54) is 24.3 Å². The van der Waals surface area contributed by atoms with E-state index in [4.69, 9.17) is 0 Å². The minimum atomic E-state index is -4.64. The van der Waals surface area contributed by atoms with E-state index in [1.807, 2.05) is 0 Å². The molecule has 2 aromatic rings. The third-order valence-corrected chi connectivity index (χ3v) is 6.48. The first-order valence-corrected chi connectivity index (χ1v) is 11.0. The van der Waals surface area contributed by atoms with Crippen LogP contribution >= 0.6 is 0 Å². The van der Waals surface area contributed by atoms with Crippen LogP contribution in [-0.2, 0) is 16.2 Å². The Morgan fingerprint density at radius 2 is 1.55 bits per heavy atom. The van der Waals surface area contributed by atoms with Crippen molar-refractivity contribution in [3.05, 3.63) is 59.9 Å². The molecule has 3 rings (SSSR count). The summed E-state index contributed by atoms with van der Waals surface area (Å²) in [6, 6.07) is 7.79. The van der Waals surface area contributed by atoms with Crippen molar-refractivity contribution in [2.24, 2.45) is 0 Å². The molecule has 2 amide bonds. The second kappa shape index (κ2) is 9.23. The first kappa shape index (κ1) is 23.0. The fraction of sp³-hybridized carbons (Fsp3) is 0.350. The van der Waals surface area contributed by atoms with Crippen molar-refractivity contribution in [3.8, 4) is 0 Å². The Morgan fingerprint density at radius 1 is 0.935 bits per heavy atom. The van der Waals surface area contributed by atoms with Crippen molar-refractivity contribution >= 4 is 21.7 Å². The van der Waals surface area contributed by atoms with E-state index < -0.39 is 44.5 Å². The van der Waals surface area contributed by atoms with E-state index in [1.54, 1.807) is 0 Å². The van der Waals surface area contributed by atoms with Crippen molar-refractivity contribution < 1.29 is 30.8 Å². The maximum atomic E-state index is 12.9. The summed E-state index contributed by atoms with van der Waals surface area (Å²) in [7, 11) is -4.11. The molecule has 0 aliphatic heterocycles. The Balaban J connectivity index is 1.51. The number of carbonyl (C=O) groups excluding carboxylic acids is 1. The van der Waals surface area contributed by atoms with Gasteiger partial charge in [-0.05, 0) is 68.1 Å². The molecule has 0 atom stereocenters. The molecule has 0 spiro atoms. The summed E-state index contributed by atoms with van der Waals surface area (Å²) in [5, 5.41) is 5.36. The first-order valence-electron chi connectivity index (χ1n) is 9.55. The number of halogens is 4. The lowest BCUT2D eigenvalue weighted by Crippen LogP contribution is -2.44. The Kier molecular flexibility index (Phi) is 6.85. The molecule has 0 bridgehead atoms. The second-order valence-electron chi connectivity index (χ2n) is 7.30. The number of hydrogen-bond donors (Lipinski definition) is 3. The molecule has 0 radical (unpaired) electrons. The molecule has 168 valence electrons. The summed E-state index contributed by atoms with van der Waals surface area (Å²) in [5.74, 6) is -0.420. The molecule has 0 saturated heterocycles. The van der Waals surface area contributed by atoms with Crippen LogP contribution in [0.4, 0.5) is 28.0 Å². The van der Waals surface area contributed by atoms with Crippen molar-refractivity contribution in [2.45, 2.75) is 48.8 Å². The van der Waals surface area contributed by atoms with Crippen LogP contribution in [0, 0.1) is 5.82 Å². The number of rotatable bonds is 5. The smallest absolute Gasteiger partial charge is 0.335 e. The van der Waals surface area contributed by atoms with Gasteiger partial charge in [-0.25, -0.2) is 22.3 Å². The van der Waals surface area contributed by atoms with Crippen LogP contribution in [-0.4, -0.2) is 26.5 Å². The molecule has 11 heteroatoms. The number of benzene rings is 2. The van der Waals surface area contributed by atoms with Gasteiger partial charge >= 0.3 is 12.2 Å². The van der Waals surface area contributed by atoms with Crippen molar-refractivity contribution in [2.75, 3.05) is 5.32 Å². The predicted octanol–water partition coefficient (Wildman–Crippen LogP) is 4.26.